The molecule has 0 saturated carbocycles. The van der Waals surface area contributed by atoms with Gasteiger partial charge in [0.25, 0.3) is 5.24 Å². The zero-order valence-electron chi connectivity index (χ0n) is 14.1. The molecule has 1 amide bonds. The lowest BCUT2D eigenvalue weighted by atomic mass is 9.97. The van der Waals surface area contributed by atoms with Gasteiger partial charge in [-0.3, -0.25) is 9.59 Å². The highest BCUT2D eigenvalue weighted by atomic mass is 32.2. The van der Waals surface area contributed by atoms with Gasteiger partial charge >= 0.3 is 5.97 Å². The van der Waals surface area contributed by atoms with Crippen LogP contribution in [0.2, 0.25) is 0 Å². The second-order valence-corrected chi connectivity index (χ2v) is 8.91. The first-order valence-corrected chi connectivity index (χ1v) is 8.06. The molecule has 0 heterocycles. The predicted molar refractivity (Wildman–Crippen MR) is 92.1 cm³/mol. The van der Waals surface area contributed by atoms with Gasteiger partial charge in [-0.15, -0.1) is 0 Å². The van der Waals surface area contributed by atoms with Crippen LogP contribution in [0, 0.1) is 5.41 Å². The van der Waals surface area contributed by atoms with Crippen molar-refractivity contribution in [1.29, 1.82) is 0 Å². The number of carbonyl (C=O) groups excluding carboxylic acids is 2. The van der Waals surface area contributed by atoms with Crippen LogP contribution in [0.5, 0.6) is 0 Å². The fourth-order valence-corrected chi connectivity index (χ4v) is 2.26. The van der Waals surface area contributed by atoms with Crippen LogP contribution < -0.4 is 5.32 Å². The number of carbonyl (C=O) groups is 2. The number of ether oxygens (including phenoxy) is 1. The van der Waals surface area contributed by atoms with E-state index in [-0.39, 0.29) is 22.6 Å². The molecule has 0 unspecified atom stereocenters. The summed E-state index contributed by atoms with van der Waals surface area (Å²) in [6, 6.07) is 7.34. The number of rotatable bonds is 3. The molecule has 0 aliphatic heterocycles. The second-order valence-electron chi connectivity index (χ2n) is 7.11. The molecule has 0 saturated heterocycles. The largest absolute Gasteiger partial charge is 0.460 e. The number of anilines is 1. The molecule has 5 heteroatoms. The zero-order valence-corrected chi connectivity index (χ0v) is 15.0. The monoisotopic (exact) mass is 323 g/mol. The number of thioether (sulfide) groups is 1. The Morgan fingerprint density at radius 3 is 2.23 bits per heavy atom. The number of benzene rings is 1. The fraction of sp³-hybridized carbons (Fsp3) is 0.529. The predicted octanol–water partition coefficient (Wildman–Crippen LogP) is 4.84. The third-order valence-electron chi connectivity index (χ3n) is 2.62. The Kier molecular flexibility index (Phi) is 6.06. The maximum Gasteiger partial charge on any atom is 0.311 e. The van der Waals surface area contributed by atoms with E-state index >= 15 is 0 Å². The van der Waals surface area contributed by atoms with Gasteiger partial charge in [-0.1, -0.05) is 50.7 Å². The third kappa shape index (κ3) is 6.52. The molecule has 0 aliphatic carbocycles. The van der Waals surface area contributed by atoms with Crippen molar-refractivity contribution in [1.82, 2.24) is 0 Å². The standard InChI is InChI=1S/C17H25NO3S/c1-16(2,3)14(19)21-11-12-9-7-8-10-13(12)18-15(20)22-17(4,5)6/h7-10H,11H2,1-6H3,(H,18,20). The summed E-state index contributed by atoms with van der Waals surface area (Å²) in [5, 5.41) is 2.74. The topological polar surface area (TPSA) is 55.4 Å². The Morgan fingerprint density at radius 2 is 1.68 bits per heavy atom. The molecule has 0 bridgehead atoms. The molecule has 0 aliphatic rings. The first kappa shape index (κ1) is 18.6. The van der Waals surface area contributed by atoms with Crippen LogP contribution in [0.15, 0.2) is 24.3 Å². The molecule has 1 rings (SSSR count). The van der Waals surface area contributed by atoms with Crippen molar-refractivity contribution < 1.29 is 14.3 Å². The highest BCUT2D eigenvalue weighted by Crippen LogP contribution is 2.27. The van der Waals surface area contributed by atoms with E-state index in [1.807, 2.05) is 59.7 Å². The smallest absolute Gasteiger partial charge is 0.311 e. The Morgan fingerprint density at radius 1 is 1.09 bits per heavy atom. The van der Waals surface area contributed by atoms with E-state index < -0.39 is 5.41 Å². The van der Waals surface area contributed by atoms with E-state index in [0.29, 0.717) is 5.69 Å². The van der Waals surface area contributed by atoms with Crippen LogP contribution in [-0.2, 0) is 16.1 Å². The molecule has 1 aromatic rings. The first-order chi connectivity index (χ1) is 9.99. The minimum atomic E-state index is -0.541. The highest BCUT2D eigenvalue weighted by molar-refractivity contribution is 8.15. The molecular formula is C17H25NO3S. The third-order valence-corrected chi connectivity index (χ3v) is 3.52. The van der Waals surface area contributed by atoms with E-state index in [2.05, 4.69) is 5.32 Å². The lowest BCUT2D eigenvalue weighted by Gasteiger charge is -2.19. The maximum atomic E-state index is 12.0. The van der Waals surface area contributed by atoms with Gasteiger partial charge in [-0.25, -0.2) is 0 Å². The minimum absolute atomic E-state index is 0.123. The van der Waals surface area contributed by atoms with Gasteiger partial charge in [0.1, 0.15) is 6.61 Å². The number of para-hydroxylation sites is 1. The van der Waals surface area contributed by atoms with Crippen molar-refractivity contribution >= 4 is 28.7 Å². The summed E-state index contributed by atoms with van der Waals surface area (Å²) < 4.78 is 5.16. The normalized spacial score (nSPS) is 11.9. The molecule has 0 aromatic heterocycles. The number of hydrogen-bond donors (Lipinski definition) is 1. The quantitative estimate of drug-likeness (QED) is 0.809. The van der Waals surface area contributed by atoms with E-state index in [1.165, 1.54) is 11.8 Å². The van der Waals surface area contributed by atoms with Crippen LogP contribution >= 0.6 is 11.8 Å². The Balaban J connectivity index is 2.74. The van der Waals surface area contributed by atoms with Gasteiger partial charge in [0.05, 0.1) is 5.41 Å². The molecule has 22 heavy (non-hydrogen) atoms. The van der Waals surface area contributed by atoms with Crippen molar-refractivity contribution in [2.75, 3.05) is 5.32 Å². The number of amides is 1. The SMILES string of the molecule is CC(C)(C)SC(=O)Nc1ccccc1COC(=O)C(C)(C)C. The van der Waals surface area contributed by atoms with E-state index in [9.17, 15) is 9.59 Å². The summed E-state index contributed by atoms with van der Waals surface area (Å²) in [7, 11) is 0. The highest BCUT2D eigenvalue weighted by Gasteiger charge is 2.23. The van der Waals surface area contributed by atoms with Gasteiger partial charge in [-0.05, 0) is 26.8 Å². The summed E-state index contributed by atoms with van der Waals surface area (Å²) in [5.41, 5.74) is 0.911. The van der Waals surface area contributed by atoms with E-state index in [0.717, 1.165) is 5.56 Å². The minimum Gasteiger partial charge on any atom is -0.460 e. The van der Waals surface area contributed by atoms with Crippen LogP contribution in [0.4, 0.5) is 10.5 Å². The summed E-state index contributed by atoms with van der Waals surface area (Å²) in [6.45, 7) is 11.5. The van der Waals surface area contributed by atoms with Crippen LogP contribution in [0.25, 0.3) is 0 Å². The number of hydrogen-bond acceptors (Lipinski definition) is 4. The van der Waals surface area contributed by atoms with Gasteiger partial charge in [-0.2, -0.15) is 0 Å². The molecule has 1 N–H and O–H groups in total. The van der Waals surface area contributed by atoms with Crippen LogP contribution in [0.1, 0.15) is 47.1 Å². The van der Waals surface area contributed by atoms with Gasteiger partial charge in [0, 0.05) is 16.0 Å². The first-order valence-electron chi connectivity index (χ1n) is 7.24. The average molecular weight is 323 g/mol. The molecule has 122 valence electrons. The summed E-state index contributed by atoms with van der Waals surface area (Å²) in [5.74, 6) is -0.266. The van der Waals surface area contributed by atoms with E-state index in [1.54, 1.807) is 6.07 Å². The second kappa shape index (κ2) is 7.18. The molecule has 1 aromatic carbocycles. The van der Waals surface area contributed by atoms with Crippen LogP contribution in [-0.4, -0.2) is 16.0 Å². The van der Waals surface area contributed by atoms with Crippen molar-refractivity contribution in [2.24, 2.45) is 5.41 Å². The Labute approximate surface area is 137 Å². The molecule has 0 atom stereocenters. The van der Waals surface area contributed by atoms with Gasteiger partial charge < -0.3 is 10.1 Å². The Bertz CT molecular complexity index is 542. The maximum absolute atomic E-state index is 12.0. The molecule has 0 spiro atoms. The molecule has 0 fully saturated rings. The summed E-state index contributed by atoms with van der Waals surface area (Å²) >= 11 is 1.23. The lowest BCUT2D eigenvalue weighted by Crippen LogP contribution is -2.23. The Hall–Kier alpha value is -1.49. The van der Waals surface area contributed by atoms with Crippen molar-refractivity contribution in [3.8, 4) is 0 Å². The van der Waals surface area contributed by atoms with Crippen molar-refractivity contribution in [2.45, 2.75) is 52.9 Å². The van der Waals surface area contributed by atoms with Gasteiger partial charge in [0.2, 0.25) is 0 Å². The molecular weight excluding hydrogens is 298 g/mol. The average Bonchev–Trinajstić information content (AvgIpc) is 2.33. The van der Waals surface area contributed by atoms with Crippen LogP contribution in [0.3, 0.4) is 0 Å². The molecule has 4 nitrogen and oxygen atoms in total. The lowest BCUT2D eigenvalue weighted by molar-refractivity contribution is -0.154. The summed E-state index contributed by atoms with van der Waals surface area (Å²) in [6.07, 6.45) is 0. The van der Waals surface area contributed by atoms with Crippen molar-refractivity contribution in [3.05, 3.63) is 29.8 Å². The van der Waals surface area contributed by atoms with Gasteiger partial charge in [0.15, 0.2) is 0 Å². The summed E-state index contributed by atoms with van der Waals surface area (Å²) in [4.78, 5) is 23.9. The number of esters is 1. The zero-order chi connectivity index (χ0) is 17.0. The fourth-order valence-electron chi connectivity index (χ4n) is 1.54. The molecule has 0 radical (unpaired) electrons. The van der Waals surface area contributed by atoms with E-state index in [4.69, 9.17) is 4.74 Å². The number of nitrogens with one attached hydrogen (secondary N) is 1. The van der Waals surface area contributed by atoms with Crippen molar-refractivity contribution in [3.63, 3.8) is 0 Å².